The smallest absolute Gasteiger partial charge is 0.341 e. The first-order valence-electron chi connectivity index (χ1n) is 9.24. The average Bonchev–Trinajstić information content (AvgIpc) is 3.07. The van der Waals surface area contributed by atoms with Crippen LogP contribution < -0.4 is 4.74 Å². The van der Waals surface area contributed by atoms with Gasteiger partial charge in [-0.3, -0.25) is 9.48 Å². The zero-order valence-corrected chi connectivity index (χ0v) is 16.6. The third-order valence-electron chi connectivity index (χ3n) is 5.73. The number of hydrogen-bond donors (Lipinski definition) is 0. The second-order valence-corrected chi connectivity index (χ2v) is 7.35. The molecule has 0 bridgehead atoms. The summed E-state index contributed by atoms with van der Waals surface area (Å²) in [5, 5.41) is 5.61. The molecule has 0 spiro atoms. The monoisotopic (exact) mass is 373 g/mol. The first-order valence-corrected chi connectivity index (χ1v) is 9.24. The maximum atomic E-state index is 12.0. The van der Waals surface area contributed by atoms with E-state index < -0.39 is 5.97 Å². The van der Waals surface area contributed by atoms with Crippen molar-refractivity contribution in [1.82, 2.24) is 14.7 Å². The molecule has 7 nitrogen and oxygen atoms in total. The van der Waals surface area contributed by atoms with Gasteiger partial charge in [0.05, 0.1) is 25.8 Å². The van der Waals surface area contributed by atoms with Crippen molar-refractivity contribution >= 4 is 22.8 Å². The van der Waals surface area contributed by atoms with E-state index in [1.165, 1.54) is 14.2 Å². The van der Waals surface area contributed by atoms with Crippen molar-refractivity contribution in [2.24, 2.45) is 5.92 Å². The molecule has 3 atom stereocenters. The molecule has 0 N–H and O–H groups in total. The summed E-state index contributed by atoms with van der Waals surface area (Å²) in [6.07, 6.45) is 4.85. The molecular formula is C20H27N3O4. The van der Waals surface area contributed by atoms with Gasteiger partial charge in [0.15, 0.2) is 0 Å². The molecule has 1 aliphatic rings. The molecule has 0 saturated heterocycles. The lowest BCUT2D eigenvalue weighted by Crippen LogP contribution is -2.41. The molecule has 146 valence electrons. The Morgan fingerprint density at radius 3 is 2.59 bits per heavy atom. The van der Waals surface area contributed by atoms with Gasteiger partial charge in [0.2, 0.25) is 5.91 Å². The third-order valence-corrected chi connectivity index (χ3v) is 5.73. The number of benzene rings is 1. The SMILES string of the molecule is COC(=O)c1cc2cn([C@@H]3CCC(N(C)C(C)=O)C[C@H]3C)nc2cc1OC. The van der Waals surface area contributed by atoms with Gasteiger partial charge in [-0.2, -0.15) is 5.10 Å². The van der Waals surface area contributed by atoms with E-state index in [0.29, 0.717) is 17.2 Å². The fraction of sp³-hybridized carbons (Fsp3) is 0.550. The van der Waals surface area contributed by atoms with Crippen LogP contribution in [0.15, 0.2) is 18.3 Å². The maximum Gasteiger partial charge on any atom is 0.341 e. The summed E-state index contributed by atoms with van der Waals surface area (Å²) in [7, 11) is 4.76. The molecule has 0 aliphatic heterocycles. The topological polar surface area (TPSA) is 73.7 Å². The van der Waals surface area contributed by atoms with Crippen molar-refractivity contribution in [3.63, 3.8) is 0 Å². The highest BCUT2D eigenvalue weighted by Gasteiger charge is 2.32. The van der Waals surface area contributed by atoms with Crippen LogP contribution in [-0.4, -0.2) is 53.9 Å². The van der Waals surface area contributed by atoms with Gasteiger partial charge in [-0.25, -0.2) is 4.79 Å². The van der Waals surface area contributed by atoms with E-state index in [1.807, 2.05) is 22.8 Å². The Kier molecular flexibility index (Phi) is 5.39. The zero-order valence-electron chi connectivity index (χ0n) is 16.6. The van der Waals surface area contributed by atoms with Gasteiger partial charge < -0.3 is 14.4 Å². The molecule has 1 unspecified atom stereocenters. The minimum Gasteiger partial charge on any atom is -0.496 e. The fourth-order valence-corrected chi connectivity index (χ4v) is 4.03. The van der Waals surface area contributed by atoms with Crippen LogP contribution in [0, 0.1) is 5.92 Å². The van der Waals surface area contributed by atoms with Crippen LogP contribution in [-0.2, 0) is 9.53 Å². The van der Waals surface area contributed by atoms with Gasteiger partial charge in [0.1, 0.15) is 11.3 Å². The second-order valence-electron chi connectivity index (χ2n) is 7.35. The van der Waals surface area contributed by atoms with Crippen molar-refractivity contribution in [2.75, 3.05) is 21.3 Å². The summed E-state index contributed by atoms with van der Waals surface area (Å²) in [5.41, 5.74) is 1.18. The zero-order chi connectivity index (χ0) is 19.7. The molecule has 3 rings (SSSR count). The van der Waals surface area contributed by atoms with Crippen LogP contribution in [0.5, 0.6) is 5.75 Å². The lowest BCUT2D eigenvalue weighted by Gasteiger charge is -2.38. The van der Waals surface area contributed by atoms with E-state index in [-0.39, 0.29) is 18.0 Å². The molecule has 1 heterocycles. The summed E-state index contributed by atoms with van der Waals surface area (Å²) in [4.78, 5) is 25.5. The Balaban J connectivity index is 1.87. The van der Waals surface area contributed by atoms with Gasteiger partial charge in [-0.1, -0.05) is 6.92 Å². The first-order chi connectivity index (χ1) is 12.8. The molecular weight excluding hydrogens is 346 g/mol. The number of aromatic nitrogens is 2. The van der Waals surface area contributed by atoms with E-state index >= 15 is 0 Å². The highest BCUT2D eigenvalue weighted by molar-refractivity contribution is 5.97. The van der Waals surface area contributed by atoms with Crippen LogP contribution in [0.25, 0.3) is 10.9 Å². The van der Waals surface area contributed by atoms with Gasteiger partial charge in [0, 0.05) is 37.7 Å². The summed E-state index contributed by atoms with van der Waals surface area (Å²) in [6.45, 7) is 3.82. The summed E-state index contributed by atoms with van der Waals surface area (Å²) < 4.78 is 12.2. The van der Waals surface area contributed by atoms with E-state index in [1.54, 1.807) is 19.1 Å². The second kappa shape index (κ2) is 7.58. The standard InChI is InChI=1S/C20H27N3O4/c1-12-8-15(22(3)13(2)24)6-7-18(12)23-11-14-9-16(20(25)27-5)19(26-4)10-17(14)21-23/h9-12,15,18H,6-8H2,1-5H3/t12-,15?,18-/m1/s1. The van der Waals surface area contributed by atoms with E-state index in [9.17, 15) is 9.59 Å². The molecule has 1 saturated carbocycles. The van der Waals surface area contributed by atoms with Crippen molar-refractivity contribution in [1.29, 1.82) is 0 Å². The Hall–Kier alpha value is -2.57. The maximum absolute atomic E-state index is 12.0. The fourth-order valence-electron chi connectivity index (χ4n) is 4.03. The number of hydrogen-bond acceptors (Lipinski definition) is 5. The van der Waals surface area contributed by atoms with Crippen LogP contribution >= 0.6 is 0 Å². The molecule has 1 amide bonds. The molecule has 0 radical (unpaired) electrons. The van der Waals surface area contributed by atoms with Crippen LogP contribution in [0.2, 0.25) is 0 Å². The number of amides is 1. The lowest BCUT2D eigenvalue weighted by molar-refractivity contribution is -0.130. The van der Waals surface area contributed by atoms with Gasteiger partial charge in [0.25, 0.3) is 0 Å². The number of ether oxygens (including phenoxy) is 2. The number of fused-ring (bicyclic) bond motifs is 1. The molecule has 1 fully saturated rings. The minimum absolute atomic E-state index is 0.109. The van der Waals surface area contributed by atoms with Gasteiger partial charge in [-0.15, -0.1) is 0 Å². The van der Waals surface area contributed by atoms with E-state index in [4.69, 9.17) is 14.6 Å². The summed E-state index contributed by atoms with van der Waals surface area (Å²) in [6, 6.07) is 4.09. The Bertz CT molecular complexity index is 860. The molecule has 2 aromatic rings. The van der Waals surface area contributed by atoms with Crippen LogP contribution in [0.4, 0.5) is 0 Å². The number of esters is 1. The number of nitrogens with zero attached hydrogens (tertiary/aromatic N) is 3. The highest BCUT2D eigenvalue weighted by atomic mass is 16.5. The summed E-state index contributed by atoms with van der Waals surface area (Å²) >= 11 is 0. The van der Waals surface area contributed by atoms with E-state index in [2.05, 4.69) is 6.92 Å². The Morgan fingerprint density at radius 2 is 2.00 bits per heavy atom. The highest BCUT2D eigenvalue weighted by Crippen LogP contribution is 2.36. The molecule has 1 aliphatic carbocycles. The molecule has 1 aromatic heterocycles. The molecule has 7 heteroatoms. The van der Waals surface area contributed by atoms with Crippen LogP contribution in [0.3, 0.4) is 0 Å². The van der Waals surface area contributed by atoms with Crippen molar-refractivity contribution < 1.29 is 19.1 Å². The molecule has 27 heavy (non-hydrogen) atoms. The Labute approximate surface area is 159 Å². The van der Waals surface area contributed by atoms with E-state index in [0.717, 1.165) is 30.2 Å². The summed E-state index contributed by atoms with van der Waals surface area (Å²) in [5.74, 6) is 0.529. The number of rotatable bonds is 4. The van der Waals surface area contributed by atoms with Crippen molar-refractivity contribution in [3.8, 4) is 5.75 Å². The average molecular weight is 373 g/mol. The number of methoxy groups -OCH3 is 2. The van der Waals surface area contributed by atoms with Gasteiger partial charge in [-0.05, 0) is 31.2 Å². The molecule has 1 aromatic carbocycles. The van der Waals surface area contributed by atoms with Crippen molar-refractivity contribution in [2.45, 2.75) is 45.2 Å². The van der Waals surface area contributed by atoms with Gasteiger partial charge >= 0.3 is 5.97 Å². The first kappa shape index (κ1) is 19.2. The lowest BCUT2D eigenvalue weighted by atomic mass is 9.82. The third kappa shape index (κ3) is 3.63. The predicted molar refractivity (Wildman–Crippen MR) is 102 cm³/mol. The number of carbonyl (C=O) groups is 2. The minimum atomic E-state index is -0.428. The Morgan fingerprint density at radius 1 is 1.26 bits per heavy atom. The normalized spacial score (nSPS) is 22.5. The largest absolute Gasteiger partial charge is 0.496 e. The quantitative estimate of drug-likeness (QED) is 0.770. The number of carbonyl (C=O) groups excluding carboxylic acids is 2. The van der Waals surface area contributed by atoms with Crippen molar-refractivity contribution in [3.05, 3.63) is 23.9 Å². The predicted octanol–water partition coefficient (Wildman–Crippen LogP) is 3.04. The van der Waals surface area contributed by atoms with Crippen LogP contribution in [0.1, 0.15) is 49.5 Å².